The van der Waals surface area contributed by atoms with E-state index in [4.69, 9.17) is 5.11 Å². The number of rotatable bonds is 3. The monoisotopic (exact) mass is 394 g/mol. The van der Waals surface area contributed by atoms with Crippen molar-refractivity contribution >= 4 is 22.8 Å². The van der Waals surface area contributed by atoms with Gasteiger partial charge in [-0.05, 0) is 54.2 Å². The van der Waals surface area contributed by atoms with Gasteiger partial charge in [-0.1, -0.05) is 0 Å². The maximum atomic E-state index is 12.8. The molecular weight excluding hydrogens is 386 g/mol. The first-order valence-corrected chi connectivity index (χ1v) is 7.54. The largest absolute Gasteiger partial charge is 0.478 e. The van der Waals surface area contributed by atoms with Gasteiger partial charge >= 0.3 is 18.3 Å². The van der Waals surface area contributed by atoms with Gasteiger partial charge in [0.1, 0.15) is 0 Å². The summed E-state index contributed by atoms with van der Waals surface area (Å²) in [5.74, 6) is -1.22. The normalized spacial score (nSPS) is 12.1. The number of hydrogen-bond donors (Lipinski definition) is 1. The Kier molecular flexibility index (Phi) is 5.36. The van der Waals surface area contributed by atoms with Gasteiger partial charge in [-0.15, -0.1) is 0 Å². The van der Waals surface area contributed by atoms with Gasteiger partial charge in [0.25, 0.3) is 0 Å². The van der Waals surface area contributed by atoms with Crippen LogP contribution in [-0.2, 0) is 12.4 Å². The van der Waals surface area contributed by atoms with Crippen LogP contribution in [0.3, 0.4) is 0 Å². The molecule has 0 radical (unpaired) electrons. The summed E-state index contributed by atoms with van der Waals surface area (Å²) < 4.78 is 76.8. The minimum Gasteiger partial charge on any atom is -0.478 e. The summed E-state index contributed by atoms with van der Waals surface area (Å²) in [5.41, 5.74) is -4.02. The smallest absolute Gasteiger partial charge is 0.416 e. The van der Waals surface area contributed by atoms with Crippen LogP contribution < -0.4 is 0 Å². The third-order valence-corrected chi connectivity index (χ3v) is 4.06. The van der Waals surface area contributed by atoms with Crippen LogP contribution in [0, 0.1) is 0 Å². The molecule has 10 heteroatoms. The average Bonchev–Trinajstić information content (AvgIpc) is 2.53. The van der Waals surface area contributed by atoms with Crippen molar-refractivity contribution in [2.24, 2.45) is 0 Å². The highest BCUT2D eigenvalue weighted by atomic mass is 32.2. The van der Waals surface area contributed by atoms with E-state index in [9.17, 15) is 35.9 Å². The fourth-order valence-electron chi connectivity index (χ4n) is 1.90. The Balaban J connectivity index is 2.37. The number of carboxylic acid groups (broad SMARTS) is 1. The maximum Gasteiger partial charge on any atom is 0.416 e. The van der Waals surface area contributed by atoms with Crippen molar-refractivity contribution < 1.29 is 41.0 Å². The first kappa shape index (κ1) is 19.8. The zero-order valence-electron chi connectivity index (χ0n) is 12.5. The fourth-order valence-corrected chi connectivity index (χ4v) is 2.63. The second-order valence-electron chi connectivity index (χ2n) is 5.01. The highest BCUT2D eigenvalue weighted by Crippen LogP contribution is 2.37. The zero-order valence-corrected chi connectivity index (χ0v) is 13.3. The Hall–Kier alpha value is -2.49. The summed E-state index contributed by atoms with van der Waals surface area (Å²) >= 11 is 0.389. The molecule has 0 heterocycles. The minimum absolute atomic E-state index is 0.0664. The molecule has 2 rings (SSSR count). The Morgan fingerprint density at radius 3 is 1.62 bits per heavy atom. The highest BCUT2D eigenvalue weighted by Gasteiger charge is 2.37. The summed E-state index contributed by atoms with van der Waals surface area (Å²) in [6.07, 6.45) is -10.1. The molecule has 0 saturated carbocycles. The van der Waals surface area contributed by atoms with E-state index in [1.807, 2.05) is 0 Å². The molecule has 2 aromatic rings. The molecule has 2 aromatic carbocycles. The lowest BCUT2D eigenvalue weighted by Gasteiger charge is -2.13. The summed E-state index contributed by atoms with van der Waals surface area (Å²) in [7, 11) is 0. The molecule has 0 aliphatic heterocycles. The van der Waals surface area contributed by atoms with Crippen molar-refractivity contribution in [1.29, 1.82) is 0 Å². The first-order valence-electron chi connectivity index (χ1n) is 6.73. The number of hydrogen-bond acceptors (Lipinski definition) is 3. The molecule has 0 fully saturated rings. The van der Waals surface area contributed by atoms with Crippen molar-refractivity contribution in [2.45, 2.75) is 17.2 Å². The van der Waals surface area contributed by atoms with Crippen molar-refractivity contribution in [2.75, 3.05) is 0 Å². The van der Waals surface area contributed by atoms with E-state index in [1.54, 1.807) is 0 Å². The van der Waals surface area contributed by atoms with E-state index in [2.05, 4.69) is 0 Å². The zero-order chi connectivity index (χ0) is 19.7. The van der Waals surface area contributed by atoms with Crippen molar-refractivity contribution in [3.63, 3.8) is 0 Å². The summed E-state index contributed by atoms with van der Waals surface area (Å²) in [6, 6.07) is 5.39. The summed E-state index contributed by atoms with van der Waals surface area (Å²) in [4.78, 5) is 23.0. The van der Waals surface area contributed by atoms with E-state index in [0.29, 0.717) is 23.9 Å². The minimum atomic E-state index is -5.05. The van der Waals surface area contributed by atoms with Gasteiger partial charge in [-0.3, -0.25) is 4.79 Å². The maximum absolute atomic E-state index is 12.8. The summed E-state index contributed by atoms with van der Waals surface area (Å²) in [5, 5.41) is 7.73. The molecule has 1 N–H and O–H groups in total. The number of carbonyl (C=O) groups excluding carboxylic acids is 1. The molecule has 0 saturated heterocycles. The van der Waals surface area contributed by atoms with Crippen LogP contribution in [0.1, 0.15) is 31.8 Å². The van der Waals surface area contributed by atoms with Crippen LogP contribution in [0.2, 0.25) is 0 Å². The molecular formula is C16H8F6O3S. The van der Waals surface area contributed by atoms with E-state index in [1.165, 1.54) is 12.1 Å². The predicted molar refractivity (Wildman–Crippen MR) is 80.0 cm³/mol. The van der Waals surface area contributed by atoms with Gasteiger partial charge in [0.2, 0.25) is 5.12 Å². The number of carbonyl (C=O) groups is 2. The molecule has 0 aliphatic carbocycles. The van der Waals surface area contributed by atoms with Gasteiger partial charge in [0, 0.05) is 10.5 Å². The topological polar surface area (TPSA) is 54.4 Å². The van der Waals surface area contributed by atoms with E-state index in [-0.39, 0.29) is 16.5 Å². The Morgan fingerprint density at radius 2 is 1.23 bits per heavy atom. The second kappa shape index (κ2) is 7.02. The second-order valence-corrected chi connectivity index (χ2v) is 6.06. The third kappa shape index (κ3) is 4.78. The van der Waals surface area contributed by atoms with Gasteiger partial charge in [0.05, 0.1) is 16.7 Å². The molecule has 138 valence electrons. The van der Waals surface area contributed by atoms with Gasteiger partial charge in [-0.2, -0.15) is 26.3 Å². The Morgan fingerprint density at radius 1 is 0.769 bits per heavy atom. The van der Waals surface area contributed by atoms with Gasteiger partial charge in [-0.25, -0.2) is 4.79 Å². The quantitative estimate of drug-likeness (QED) is 0.563. The highest BCUT2D eigenvalue weighted by molar-refractivity contribution is 8.14. The molecule has 26 heavy (non-hydrogen) atoms. The van der Waals surface area contributed by atoms with E-state index < -0.39 is 40.1 Å². The van der Waals surface area contributed by atoms with E-state index >= 15 is 0 Å². The molecule has 0 amide bonds. The third-order valence-electron chi connectivity index (χ3n) is 3.14. The molecule has 0 spiro atoms. The lowest BCUT2D eigenvalue weighted by atomic mass is 10.1. The van der Waals surface area contributed by atoms with Crippen LogP contribution in [0.5, 0.6) is 0 Å². The Bertz CT molecular complexity index is 808. The number of alkyl halides is 6. The number of aromatic carboxylic acids is 1. The van der Waals surface area contributed by atoms with Crippen molar-refractivity contribution in [1.82, 2.24) is 0 Å². The van der Waals surface area contributed by atoms with Crippen LogP contribution in [0.25, 0.3) is 0 Å². The van der Waals surface area contributed by atoms with E-state index in [0.717, 1.165) is 12.1 Å². The molecule has 0 aromatic heterocycles. The van der Waals surface area contributed by atoms with Crippen LogP contribution >= 0.6 is 11.8 Å². The molecule has 3 nitrogen and oxygen atoms in total. The lowest BCUT2D eigenvalue weighted by Crippen LogP contribution is -2.12. The summed E-state index contributed by atoms with van der Waals surface area (Å²) in [6.45, 7) is 0. The van der Waals surface area contributed by atoms with Crippen molar-refractivity contribution in [3.05, 3.63) is 64.7 Å². The molecule has 0 aliphatic rings. The Labute approximate surface area is 146 Å². The van der Waals surface area contributed by atoms with Crippen molar-refractivity contribution in [3.8, 4) is 0 Å². The standard InChI is InChI=1S/C16H8F6O3S/c17-15(18,19)10-5-9(6-11(7-10)16(20,21)22)14(25)26-12-3-1-8(2-4-12)13(23)24/h1-7H,(H,23,24). The van der Waals surface area contributed by atoms with Gasteiger partial charge < -0.3 is 5.11 Å². The number of halogens is 6. The van der Waals surface area contributed by atoms with Crippen LogP contribution in [0.15, 0.2) is 47.4 Å². The number of carboxylic acids is 1. The number of benzene rings is 2. The van der Waals surface area contributed by atoms with Gasteiger partial charge in [0.15, 0.2) is 0 Å². The number of thioether (sulfide) groups is 1. The molecule has 0 bridgehead atoms. The average molecular weight is 394 g/mol. The predicted octanol–water partition coefficient (Wildman–Crippen LogP) is 5.35. The SMILES string of the molecule is O=C(O)c1ccc(SC(=O)c2cc(C(F)(F)F)cc(C(F)(F)F)c2)cc1. The lowest BCUT2D eigenvalue weighted by molar-refractivity contribution is -0.143. The van der Waals surface area contributed by atoms with Crippen LogP contribution in [0.4, 0.5) is 26.3 Å². The van der Waals surface area contributed by atoms with Crippen LogP contribution in [-0.4, -0.2) is 16.2 Å². The molecule has 0 atom stereocenters. The first-order chi connectivity index (χ1) is 11.9. The fraction of sp³-hybridized carbons (Fsp3) is 0.125. The molecule has 0 unspecified atom stereocenters.